The SMILES string of the molecule is CCS(=O)(=O)c1ccc(C(Oc2ccc(COc3ccccc3)cc2)C(=O)Nc2nc3cc(OC)c(OC)cc3s2)cc1. The number of amides is 1. The predicted octanol–water partition coefficient (Wildman–Crippen LogP) is 6.44. The zero-order valence-electron chi connectivity index (χ0n) is 23.8. The number of hydrogen-bond acceptors (Lipinski definition) is 9. The molecule has 1 unspecified atom stereocenters. The third kappa shape index (κ3) is 7.07. The van der Waals surface area contributed by atoms with E-state index in [0.717, 1.165) is 16.0 Å². The Kier molecular flexibility index (Phi) is 9.13. The van der Waals surface area contributed by atoms with Crippen molar-refractivity contribution in [2.45, 2.75) is 24.5 Å². The summed E-state index contributed by atoms with van der Waals surface area (Å²) in [4.78, 5) is 18.4. The van der Waals surface area contributed by atoms with Crippen LogP contribution in [0.3, 0.4) is 0 Å². The number of carbonyl (C=O) groups is 1. The Morgan fingerprint density at radius 3 is 2.21 bits per heavy atom. The molecule has 0 saturated carbocycles. The van der Waals surface area contributed by atoms with Crippen molar-refractivity contribution in [1.29, 1.82) is 0 Å². The van der Waals surface area contributed by atoms with Crippen molar-refractivity contribution in [3.8, 4) is 23.0 Å². The van der Waals surface area contributed by atoms with Crippen LogP contribution >= 0.6 is 11.3 Å². The minimum atomic E-state index is -3.41. The summed E-state index contributed by atoms with van der Waals surface area (Å²) in [7, 11) is -0.314. The minimum absolute atomic E-state index is 0.0275. The number of benzene rings is 4. The normalized spacial score (nSPS) is 12.0. The number of methoxy groups -OCH3 is 2. The Morgan fingerprint density at radius 2 is 1.56 bits per heavy atom. The number of sulfone groups is 1. The molecule has 1 atom stereocenters. The lowest BCUT2D eigenvalue weighted by Crippen LogP contribution is -2.25. The number of rotatable bonds is 12. The van der Waals surface area contributed by atoms with Crippen molar-refractivity contribution in [2.24, 2.45) is 0 Å². The fourth-order valence-electron chi connectivity index (χ4n) is 4.25. The summed E-state index contributed by atoms with van der Waals surface area (Å²) in [5, 5.41) is 3.22. The summed E-state index contributed by atoms with van der Waals surface area (Å²) in [6.07, 6.45) is -1.10. The van der Waals surface area contributed by atoms with Gasteiger partial charge >= 0.3 is 0 Å². The molecule has 0 bridgehead atoms. The molecule has 11 heteroatoms. The number of carbonyl (C=O) groups excluding carboxylic acids is 1. The van der Waals surface area contributed by atoms with Crippen molar-refractivity contribution in [3.63, 3.8) is 0 Å². The van der Waals surface area contributed by atoms with Gasteiger partial charge in [0.25, 0.3) is 5.91 Å². The van der Waals surface area contributed by atoms with Crippen LogP contribution in [-0.2, 0) is 21.2 Å². The average Bonchev–Trinajstić information content (AvgIpc) is 3.43. The summed E-state index contributed by atoms with van der Waals surface area (Å²) >= 11 is 1.28. The van der Waals surface area contributed by atoms with Gasteiger partial charge in [0.05, 0.1) is 35.1 Å². The van der Waals surface area contributed by atoms with Crippen LogP contribution in [0.2, 0.25) is 0 Å². The van der Waals surface area contributed by atoms with E-state index in [0.29, 0.717) is 40.1 Å². The minimum Gasteiger partial charge on any atom is -0.493 e. The Labute approximate surface area is 253 Å². The first kappa shape index (κ1) is 29.9. The van der Waals surface area contributed by atoms with Crippen molar-refractivity contribution < 1.29 is 32.2 Å². The first-order valence-corrected chi connectivity index (χ1v) is 15.9. The highest BCUT2D eigenvalue weighted by Gasteiger charge is 2.25. The molecule has 0 aliphatic carbocycles. The number of para-hydroxylation sites is 1. The van der Waals surface area contributed by atoms with Gasteiger partial charge in [-0.3, -0.25) is 10.1 Å². The van der Waals surface area contributed by atoms with E-state index in [4.69, 9.17) is 18.9 Å². The Morgan fingerprint density at radius 1 is 0.884 bits per heavy atom. The van der Waals surface area contributed by atoms with Crippen LogP contribution in [0.4, 0.5) is 5.13 Å². The standard InChI is InChI=1S/C32H30N2O7S2/c1-4-43(36,37)25-16-12-22(13-17-25)30(41-24-14-10-21(11-15-24)20-40-23-8-6-5-7-9-23)31(35)34-32-33-26-18-27(38-2)28(39-3)19-29(26)42-32/h5-19,30H,4,20H2,1-3H3,(H,33,34,35). The highest BCUT2D eigenvalue weighted by molar-refractivity contribution is 7.91. The van der Waals surface area contributed by atoms with Gasteiger partial charge in [0.2, 0.25) is 6.10 Å². The van der Waals surface area contributed by atoms with E-state index in [2.05, 4.69) is 10.3 Å². The number of anilines is 1. The molecule has 1 aromatic heterocycles. The van der Waals surface area contributed by atoms with E-state index in [9.17, 15) is 13.2 Å². The number of thiazole rings is 1. The summed E-state index contributed by atoms with van der Waals surface area (Å²) in [6, 6.07) is 26.4. The fourth-order valence-corrected chi connectivity index (χ4v) is 6.02. The van der Waals surface area contributed by atoms with Crippen molar-refractivity contribution in [2.75, 3.05) is 25.3 Å². The number of ether oxygens (including phenoxy) is 4. The lowest BCUT2D eigenvalue weighted by molar-refractivity contribution is -0.123. The molecule has 222 valence electrons. The largest absolute Gasteiger partial charge is 0.493 e. The molecule has 0 aliphatic rings. The average molecular weight is 619 g/mol. The molecule has 0 aliphatic heterocycles. The lowest BCUT2D eigenvalue weighted by atomic mass is 10.1. The number of nitrogens with zero attached hydrogens (tertiary/aromatic N) is 1. The van der Waals surface area contributed by atoms with Crippen molar-refractivity contribution in [3.05, 3.63) is 102 Å². The summed E-state index contributed by atoms with van der Waals surface area (Å²) in [6.45, 7) is 1.95. The zero-order chi connectivity index (χ0) is 30.4. The van der Waals surface area contributed by atoms with Crippen LogP contribution < -0.4 is 24.3 Å². The van der Waals surface area contributed by atoms with E-state index < -0.39 is 21.8 Å². The van der Waals surface area contributed by atoms with Gasteiger partial charge in [-0.2, -0.15) is 0 Å². The summed E-state index contributed by atoms with van der Waals surface area (Å²) < 4.78 is 48.3. The molecular weight excluding hydrogens is 588 g/mol. The maximum absolute atomic E-state index is 13.6. The molecule has 5 aromatic rings. The van der Waals surface area contributed by atoms with E-state index in [1.54, 1.807) is 57.5 Å². The molecule has 0 spiro atoms. The van der Waals surface area contributed by atoms with Crippen LogP contribution in [0.15, 0.2) is 95.9 Å². The van der Waals surface area contributed by atoms with Crippen LogP contribution in [0, 0.1) is 0 Å². The molecule has 1 heterocycles. The van der Waals surface area contributed by atoms with Gasteiger partial charge in [0.15, 0.2) is 26.5 Å². The molecule has 9 nitrogen and oxygen atoms in total. The first-order valence-electron chi connectivity index (χ1n) is 13.4. The lowest BCUT2D eigenvalue weighted by Gasteiger charge is -2.19. The molecule has 1 N–H and O–H groups in total. The maximum Gasteiger partial charge on any atom is 0.271 e. The monoisotopic (exact) mass is 618 g/mol. The first-order chi connectivity index (χ1) is 20.8. The molecule has 4 aromatic carbocycles. The Balaban J connectivity index is 1.38. The van der Waals surface area contributed by atoms with Gasteiger partial charge in [-0.05, 0) is 42.0 Å². The van der Waals surface area contributed by atoms with Crippen LogP contribution in [0.5, 0.6) is 23.0 Å². The molecule has 1 amide bonds. The van der Waals surface area contributed by atoms with Gasteiger partial charge < -0.3 is 18.9 Å². The molecular formula is C32H30N2O7S2. The highest BCUT2D eigenvalue weighted by atomic mass is 32.2. The number of aromatic nitrogens is 1. The van der Waals surface area contributed by atoms with Gasteiger partial charge in [0.1, 0.15) is 18.1 Å². The van der Waals surface area contributed by atoms with E-state index >= 15 is 0 Å². The van der Waals surface area contributed by atoms with E-state index in [-0.39, 0.29) is 10.6 Å². The van der Waals surface area contributed by atoms with Crippen molar-refractivity contribution >= 4 is 42.4 Å². The maximum atomic E-state index is 13.6. The quantitative estimate of drug-likeness (QED) is 0.170. The molecule has 5 rings (SSSR count). The second-order valence-corrected chi connectivity index (χ2v) is 12.7. The summed E-state index contributed by atoms with van der Waals surface area (Å²) in [5.41, 5.74) is 2.04. The number of hydrogen-bond donors (Lipinski definition) is 1. The number of fused-ring (bicyclic) bond motifs is 1. The van der Waals surface area contributed by atoms with E-state index in [1.165, 1.54) is 23.5 Å². The Bertz CT molecular complexity index is 1760. The highest BCUT2D eigenvalue weighted by Crippen LogP contribution is 2.36. The smallest absolute Gasteiger partial charge is 0.271 e. The second-order valence-electron chi connectivity index (χ2n) is 9.40. The topological polar surface area (TPSA) is 113 Å². The van der Waals surface area contributed by atoms with Gasteiger partial charge in [-0.1, -0.05) is 60.7 Å². The van der Waals surface area contributed by atoms with E-state index in [1.807, 2.05) is 42.5 Å². The van der Waals surface area contributed by atoms with Crippen molar-refractivity contribution in [1.82, 2.24) is 4.98 Å². The van der Waals surface area contributed by atoms with Gasteiger partial charge in [-0.25, -0.2) is 13.4 Å². The third-order valence-electron chi connectivity index (χ3n) is 6.61. The molecule has 43 heavy (non-hydrogen) atoms. The molecule has 0 radical (unpaired) electrons. The van der Waals surface area contributed by atoms with Crippen LogP contribution in [0.25, 0.3) is 10.2 Å². The zero-order valence-corrected chi connectivity index (χ0v) is 25.4. The predicted molar refractivity (Wildman–Crippen MR) is 166 cm³/mol. The fraction of sp³-hybridized carbons (Fsp3) is 0.188. The van der Waals surface area contributed by atoms with Crippen LogP contribution in [-0.4, -0.2) is 39.3 Å². The van der Waals surface area contributed by atoms with Gasteiger partial charge in [0, 0.05) is 17.7 Å². The summed E-state index contributed by atoms with van der Waals surface area (Å²) in [5.74, 6) is 1.80. The Hall–Kier alpha value is -4.61. The second kappa shape index (κ2) is 13.1. The van der Waals surface area contributed by atoms with Gasteiger partial charge in [-0.15, -0.1) is 0 Å². The molecule has 0 saturated heterocycles. The number of nitrogens with one attached hydrogen (secondary N) is 1. The third-order valence-corrected chi connectivity index (χ3v) is 9.29. The molecule has 0 fully saturated rings. The van der Waals surface area contributed by atoms with Crippen LogP contribution in [0.1, 0.15) is 24.2 Å².